The Balaban J connectivity index is 1.82. The molecule has 1 N–H and O–H groups in total. The number of hydrogen-bond acceptors (Lipinski definition) is 4. The van der Waals surface area contributed by atoms with Gasteiger partial charge in [-0.1, -0.05) is 23.7 Å². The van der Waals surface area contributed by atoms with E-state index >= 15 is 0 Å². The van der Waals surface area contributed by atoms with Crippen LogP contribution in [0, 0.1) is 0 Å². The van der Waals surface area contributed by atoms with Gasteiger partial charge in [-0.3, -0.25) is 0 Å². The predicted octanol–water partition coefficient (Wildman–Crippen LogP) is 5.27. The summed E-state index contributed by atoms with van der Waals surface area (Å²) in [5.41, 5.74) is 1.97. The molecule has 0 saturated heterocycles. The lowest BCUT2D eigenvalue weighted by atomic mass is 10.3. The summed E-state index contributed by atoms with van der Waals surface area (Å²) < 4.78 is 0. The van der Waals surface area contributed by atoms with E-state index in [-0.39, 0.29) is 0 Å². The van der Waals surface area contributed by atoms with E-state index in [0.29, 0.717) is 0 Å². The van der Waals surface area contributed by atoms with Crippen molar-refractivity contribution in [3.05, 3.63) is 52.2 Å². The maximum Gasteiger partial charge on any atom is 0.187 e. The molecule has 3 rings (SSSR count). The summed E-state index contributed by atoms with van der Waals surface area (Å²) in [4.78, 5) is 5.74. The monoisotopic (exact) mass is 292 g/mol. The lowest BCUT2D eigenvalue weighted by Crippen LogP contribution is -1.88. The maximum atomic E-state index is 5.94. The molecule has 0 bridgehead atoms. The first-order valence-electron chi connectivity index (χ1n) is 5.33. The molecule has 1 aromatic carbocycles. The molecule has 0 aliphatic rings. The van der Waals surface area contributed by atoms with Crippen LogP contribution in [0.2, 0.25) is 5.02 Å². The van der Waals surface area contributed by atoms with E-state index in [1.165, 1.54) is 4.88 Å². The Morgan fingerprint density at radius 2 is 2.06 bits per heavy atom. The first kappa shape index (κ1) is 11.7. The van der Waals surface area contributed by atoms with Gasteiger partial charge >= 0.3 is 0 Å². The lowest BCUT2D eigenvalue weighted by Gasteiger charge is -2.01. The van der Waals surface area contributed by atoms with E-state index in [1.54, 1.807) is 22.7 Å². The summed E-state index contributed by atoms with van der Waals surface area (Å²) in [6.07, 6.45) is 0. The van der Waals surface area contributed by atoms with Gasteiger partial charge in [0.25, 0.3) is 0 Å². The van der Waals surface area contributed by atoms with Crippen LogP contribution in [-0.4, -0.2) is 4.98 Å². The maximum absolute atomic E-state index is 5.94. The minimum Gasteiger partial charge on any atom is -0.331 e. The van der Waals surface area contributed by atoms with Gasteiger partial charge in [0.05, 0.1) is 10.6 Å². The molecule has 0 aliphatic carbocycles. The van der Waals surface area contributed by atoms with Crippen molar-refractivity contribution in [1.29, 1.82) is 0 Å². The Bertz CT molecular complexity index is 647. The molecule has 90 valence electrons. The topological polar surface area (TPSA) is 24.9 Å². The molecule has 0 spiro atoms. The smallest absolute Gasteiger partial charge is 0.187 e. The first-order valence-corrected chi connectivity index (χ1v) is 7.47. The number of benzene rings is 1. The minimum absolute atomic E-state index is 0.718. The van der Waals surface area contributed by atoms with Crippen LogP contribution < -0.4 is 5.32 Å². The van der Waals surface area contributed by atoms with Crippen molar-refractivity contribution < 1.29 is 0 Å². The highest BCUT2D eigenvalue weighted by molar-refractivity contribution is 7.16. The molecule has 0 amide bonds. The van der Waals surface area contributed by atoms with E-state index in [4.69, 9.17) is 11.6 Å². The molecule has 5 heteroatoms. The fraction of sp³-hybridized carbons (Fsp3) is 0. The second kappa shape index (κ2) is 5.10. The van der Waals surface area contributed by atoms with Crippen LogP contribution in [0.15, 0.2) is 47.2 Å². The van der Waals surface area contributed by atoms with Gasteiger partial charge in [-0.05, 0) is 29.6 Å². The number of hydrogen-bond donors (Lipinski definition) is 1. The predicted molar refractivity (Wildman–Crippen MR) is 80.2 cm³/mol. The van der Waals surface area contributed by atoms with Gasteiger partial charge in [0.2, 0.25) is 0 Å². The summed E-state index contributed by atoms with van der Waals surface area (Å²) in [6.45, 7) is 0. The number of anilines is 2. The summed E-state index contributed by atoms with van der Waals surface area (Å²) in [5, 5.41) is 8.96. The molecular formula is C13H9ClN2S2. The number of nitrogens with zero attached hydrogens (tertiary/aromatic N) is 1. The Kier molecular flexibility index (Phi) is 3.32. The van der Waals surface area contributed by atoms with Gasteiger partial charge in [0, 0.05) is 16.1 Å². The van der Waals surface area contributed by atoms with E-state index in [2.05, 4.69) is 27.1 Å². The molecule has 0 saturated carbocycles. The number of halogens is 1. The number of thiophene rings is 1. The van der Waals surface area contributed by atoms with Crippen LogP contribution in [0.3, 0.4) is 0 Å². The minimum atomic E-state index is 0.718. The average molecular weight is 293 g/mol. The molecule has 18 heavy (non-hydrogen) atoms. The summed E-state index contributed by atoms with van der Waals surface area (Å²) in [6, 6.07) is 11.7. The Morgan fingerprint density at radius 3 is 2.83 bits per heavy atom. The van der Waals surface area contributed by atoms with Gasteiger partial charge in [0.15, 0.2) is 5.13 Å². The molecule has 2 heterocycles. The highest BCUT2D eigenvalue weighted by Crippen LogP contribution is 2.30. The molecule has 2 aromatic heterocycles. The number of thiazole rings is 1. The Morgan fingerprint density at radius 1 is 1.11 bits per heavy atom. The van der Waals surface area contributed by atoms with Gasteiger partial charge in [-0.2, -0.15) is 0 Å². The van der Waals surface area contributed by atoms with Crippen molar-refractivity contribution in [1.82, 2.24) is 4.98 Å². The molecule has 0 aliphatic heterocycles. The number of rotatable bonds is 3. The zero-order valence-electron chi connectivity index (χ0n) is 9.26. The van der Waals surface area contributed by atoms with Gasteiger partial charge in [-0.15, -0.1) is 22.7 Å². The van der Waals surface area contributed by atoms with Crippen LogP contribution >= 0.6 is 34.3 Å². The molecule has 0 unspecified atom stereocenters. The third-order valence-corrected chi connectivity index (χ3v) is 4.24. The SMILES string of the molecule is Clc1cccc(Nc2nc(-c3cccs3)cs2)c1. The van der Waals surface area contributed by atoms with Crippen LogP contribution in [0.5, 0.6) is 0 Å². The van der Waals surface area contributed by atoms with Crippen molar-refractivity contribution >= 4 is 45.1 Å². The molecule has 0 atom stereocenters. The Hall–Kier alpha value is -1.36. The second-order valence-corrected chi connectivity index (χ2v) is 5.89. The van der Waals surface area contributed by atoms with E-state index in [9.17, 15) is 0 Å². The average Bonchev–Trinajstić information content (AvgIpc) is 2.98. The largest absolute Gasteiger partial charge is 0.331 e. The van der Waals surface area contributed by atoms with Crippen molar-refractivity contribution in [3.63, 3.8) is 0 Å². The van der Waals surface area contributed by atoms with Gasteiger partial charge in [0.1, 0.15) is 0 Å². The number of nitrogens with one attached hydrogen (secondary N) is 1. The van der Waals surface area contributed by atoms with Crippen LogP contribution in [-0.2, 0) is 0 Å². The van der Waals surface area contributed by atoms with Crippen molar-refractivity contribution in [2.45, 2.75) is 0 Å². The fourth-order valence-electron chi connectivity index (χ4n) is 1.56. The third kappa shape index (κ3) is 2.56. The lowest BCUT2D eigenvalue weighted by molar-refractivity contribution is 1.40. The molecule has 2 nitrogen and oxygen atoms in total. The van der Waals surface area contributed by atoms with Crippen molar-refractivity contribution in [3.8, 4) is 10.6 Å². The molecule has 0 radical (unpaired) electrons. The molecule has 3 aromatic rings. The summed E-state index contributed by atoms with van der Waals surface area (Å²) >= 11 is 9.23. The zero-order valence-corrected chi connectivity index (χ0v) is 11.6. The third-order valence-electron chi connectivity index (χ3n) is 2.35. The van der Waals surface area contributed by atoms with Gasteiger partial charge < -0.3 is 5.32 Å². The van der Waals surface area contributed by atoms with Crippen LogP contribution in [0.25, 0.3) is 10.6 Å². The van der Waals surface area contributed by atoms with Crippen LogP contribution in [0.4, 0.5) is 10.8 Å². The van der Waals surface area contributed by atoms with Crippen molar-refractivity contribution in [2.75, 3.05) is 5.32 Å². The standard InChI is InChI=1S/C13H9ClN2S2/c14-9-3-1-4-10(7-9)15-13-16-11(8-18-13)12-5-2-6-17-12/h1-8H,(H,15,16). The second-order valence-electron chi connectivity index (χ2n) is 3.65. The fourth-order valence-corrected chi connectivity index (χ4v) is 3.24. The Labute approximate surface area is 118 Å². The molecular weight excluding hydrogens is 284 g/mol. The number of aromatic nitrogens is 1. The highest BCUT2D eigenvalue weighted by atomic mass is 35.5. The highest BCUT2D eigenvalue weighted by Gasteiger charge is 2.05. The zero-order chi connectivity index (χ0) is 12.4. The molecule has 0 fully saturated rings. The van der Waals surface area contributed by atoms with Crippen molar-refractivity contribution in [2.24, 2.45) is 0 Å². The van der Waals surface area contributed by atoms with E-state index < -0.39 is 0 Å². The van der Waals surface area contributed by atoms with E-state index in [0.717, 1.165) is 21.5 Å². The van der Waals surface area contributed by atoms with E-state index in [1.807, 2.05) is 30.3 Å². The quantitative estimate of drug-likeness (QED) is 0.711. The summed E-state index contributed by atoms with van der Waals surface area (Å²) in [5.74, 6) is 0. The van der Waals surface area contributed by atoms with Gasteiger partial charge in [-0.25, -0.2) is 4.98 Å². The van der Waals surface area contributed by atoms with Crippen LogP contribution in [0.1, 0.15) is 0 Å². The first-order chi connectivity index (χ1) is 8.81. The normalized spacial score (nSPS) is 10.5. The summed E-state index contributed by atoms with van der Waals surface area (Å²) in [7, 11) is 0.